The van der Waals surface area contributed by atoms with E-state index in [1.165, 1.54) is 12.8 Å². The molecule has 1 aliphatic rings. The highest BCUT2D eigenvalue weighted by Gasteiger charge is 2.34. The van der Waals surface area contributed by atoms with Gasteiger partial charge in [0.25, 0.3) is 0 Å². The molecule has 3 nitrogen and oxygen atoms in total. The Hall–Kier alpha value is 0.170. The minimum absolute atomic E-state index is 0.324. The highest BCUT2D eigenvalue weighted by molar-refractivity contribution is 6.20. The molecule has 0 spiro atoms. The first-order chi connectivity index (χ1) is 9.95. The van der Waals surface area contributed by atoms with E-state index in [9.17, 15) is 0 Å². The number of alkyl halides is 1. The van der Waals surface area contributed by atoms with E-state index < -0.39 is 0 Å². The van der Waals surface area contributed by atoms with Crippen molar-refractivity contribution in [1.82, 2.24) is 0 Å². The predicted molar refractivity (Wildman–Crippen MR) is 88.1 cm³/mol. The van der Waals surface area contributed by atoms with Gasteiger partial charge in [-0.25, -0.2) is 0 Å². The lowest BCUT2D eigenvalue weighted by molar-refractivity contribution is 0.0188. The second-order valence-electron chi connectivity index (χ2n) is 7.16. The fraction of sp³-hybridized carbons (Fsp3) is 1.00. The summed E-state index contributed by atoms with van der Waals surface area (Å²) in [4.78, 5) is 0. The van der Waals surface area contributed by atoms with E-state index in [1.807, 2.05) is 0 Å². The van der Waals surface area contributed by atoms with Crippen LogP contribution in [0.2, 0.25) is 0 Å². The van der Waals surface area contributed by atoms with E-state index in [2.05, 4.69) is 20.8 Å². The molecule has 0 radical (unpaired) electrons. The second kappa shape index (κ2) is 10.0. The molecule has 0 aromatic carbocycles. The largest absolute Gasteiger partial charge is 0.382 e. The Morgan fingerprint density at radius 2 is 1.57 bits per heavy atom. The summed E-state index contributed by atoms with van der Waals surface area (Å²) in [5, 5.41) is 0.324. The molecule has 0 bridgehead atoms. The summed E-state index contributed by atoms with van der Waals surface area (Å²) in [6, 6.07) is 0. The van der Waals surface area contributed by atoms with Crippen LogP contribution in [-0.2, 0) is 14.2 Å². The third-order valence-electron chi connectivity index (χ3n) is 4.55. The smallest absolute Gasteiger partial charge is 0.0701 e. The average molecular weight is 321 g/mol. The molecule has 4 heteroatoms. The van der Waals surface area contributed by atoms with Gasteiger partial charge in [0.05, 0.1) is 26.4 Å². The molecule has 3 unspecified atom stereocenters. The van der Waals surface area contributed by atoms with Crippen molar-refractivity contribution < 1.29 is 14.2 Å². The fourth-order valence-electron chi connectivity index (χ4n) is 3.01. The summed E-state index contributed by atoms with van der Waals surface area (Å²) in [7, 11) is 1.68. The van der Waals surface area contributed by atoms with Gasteiger partial charge in [0, 0.05) is 19.1 Å². The molecule has 0 aromatic rings. The summed E-state index contributed by atoms with van der Waals surface area (Å²) in [6.45, 7) is 10.4. The molecule has 126 valence electrons. The minimum atomic E-state index is 0.324. The summed E-state index contributed by atoms with van der Waals surface area (Å²) in [6.07, 6.45) is 4.72. The summed E-state index contributed by atoms with van der Waals surface area (Å²) >= 11 is 6.50. The van der Waals surface area contributed by atoms with Gasteiger partial charge in [-0.15, -0.1) is 11.6 Å². The van der Waals surface area contributed by atoms with Crippen LogP contribution in [0.4, 0.5) is 0 Å². The van der Waals surface area contributed by atoms with Gasteiger partial charge in [0.2, 0.25) is 0 Å². The highest BCUT2D eigenvalue weighted by atomic mass is 35.5. The summed E-state index contributed by atoms with van der Waals surface area (Å²) < 4.78 is 16.0. The zero-order chi connectivity index (χ0) is 15.7. The Morgan fingerprint density at radius 1 is 0.952 bits per heavy atom. The first-order valence-electron chi connectivity index (χ1n) is 8.23. The van der Waals surface area contributed by atoms with Crippen LogP contribution >= 0.6 is 11.6 Å². The van der Waals surface area contributed by atoms with Crippen molar-refractivity contribution in [3.05, 3.63) is 0 Å². The van der Waals surface area contributed by atoms with Gasteiger partial charge in [-0.3, -0.25) is 0 Å². The van der Waals surface area contributed by atoms with Crippen molar-refractivity contribution in [3.8, 4) is 0 Å². The Kier molecular flexibility index (Phi) is 9.19. The van der Waals surface area contributed by atoms with Crippen LogP contribution in [0.25, 0.3) is 0 Å². The monoisotopic (exact) mass is 320 g/mol. The molecule has 0 amide bonds. The van der Waals surface area contributed by atoms with Gasteiger partial charge < -0.3 is 14.2 Å². The lowest BCUT2D eigenvalue weighted by Gasteiger charge is -2.40. The van der Waals surface area contributed by atoms with Crippen molar-refractivity contribution in [1.29, 1.82) is 0 Å². The van der Waals surface area contributed by atoms with Crippen LogP contribution < -0.4 is 0 Å². The van der Waals surface area contributed by atoms with E-state index in [4.69, 9.17) is 25.8 Å². The molecule has 0 heterocycles. The third kappa shape index (κ3) is 7.83. The van der Waals surface area contributed by atoms with Gasteiger partial charge in [0.1, 0.15) is 0 Å². The maximum Gasteiger partial charge on any atom is 0.0701 e. The molecule has 0 N–H and O–H groups in total. The number of methoxy groups -OCH3 is 1. The van der Waals surface area contributed by atoms with Crippen molar-refractivity contribution in [2.24, 2.45) is 17.3 Å². The fourth-order valence-corrected chi connectivity index (χ4v) is 3.37. The quantitative estimate of drug-likeness (QED) is 0.472. The Morgan fingerprint density at radius 3 is 2.19 bits per heavy atom. The average Bonchev–Trinajstić information content (AvgIpc) is 2.42. The van der Waals surface area contributed by atoms with E-state index in [1.54, 1.807) is 7.11 Å². The molecule has 1 aliphatic carbocycles. The lowest BCUT2D eigenvalue weighted by atomic mass is 9.68. The van der Waals surface area contributed by atoms with E-state index in [0.717, 1.165) is 25.4 Å². The molecule has 0 aromatic heterocycles. The molecule has 1 saturated carbocycles. The van der Waals surface area contributed by atoms with E-state index >= 15 is 0 Å². The molecular formula is C17H33ClO3. The van der Waals surface area contributed by atoms with E-state index in [0.29, 0.717) is 43.1 Å². The topological polar surface area (TPSA) is 27.7 Å². The Labute approximate surface area is 135 Å². The van der Waals surface area contributed by atoms with Crippen molar-refractivity contribution in [3.63, 3.8) is 0 Å². The third-order valence-corrected chi connectivity index (χ3v) is 5.13. The summed E-state index contributed by atoms with van der Waals surface area (Å²) in [5.74, 6) is 1.38. The Bertz CT molecular complexity index is 265. The first kappa shape index (κ1) is 19.2. The van der Waals surface area contributed by atoms with Crippen molar-refractivity contribution >= 4 is 11.6 Å². The maximum atomic E-state index is 6.50. The van der Waals surface area contributed by atoms with Gasteiger partial charge in [-0.2, -0.15) is 0 Å². The van der Waals surface area contributed by atoms with Gasteiger partial charge in [0.15, 0.2) is 0 Å². The number of hydrogen-bond donors (Lipinski definition) is 0. The molecule has 3 atom stereocenters. The van der Waals surface area contributed by atoms with Crippen LogP contribution in [-0.4, -0.2) is 45.5 Å². The highest BCUT2D eigenvalue weighted by Crippen LogP contribution is 2.42. The molecule has 21 heavy (non-hydrogen) atoms. The van der Waals surface area contributed by atoms with Gasteiger partial charge in [-0.1, -0.05) is 20.8 Å². The van der Waals surface area contributed by atoms with Gasteiger partial charge in [-0.05, 0) is 42.9 Å². The molecule has 0 saturated heterocycles. The first-order valence-corrected chi connectivity index (χ1v) is 8.67. The lowest BCUT2D eigenvalue weighted by Crippen LogP contribution is -2.33. The standard InChI is InChI=1S/C17H33ClO3/c1-17(2,3)15-5-6-16(18)14(13-15)7-8-20-11-12-21-10-9-19-4/h14-16H,5-13H2,1-4H3. The minimum Gasteiger partial charge on any atom is -0.382 e. The van der Waals surface area contributed by atoms with E-state index in [-0.39, 0.29) is 0 Å². The van der Waals surface area contributed by atoms with Crippen LogP contribution in [0.15, 0.2) is 0 Å². The maximum absolute atomic E-state index is 6.50. The number of halogens is 1. The zero-order valence-electron chi connectivity index (χ0n) is 14.2. The van der Waals surface area contributed by atoms with Gasteiger partial charge >= 0.3 is 0 Å². The zero-order valence-corrected chi connectivity index (χ0v) is 15.0. The summed E-state index contributed by atoms with van der Waals surface area (Å²) in [5.41, 5.74) is 0.394. The second-order valence-corrected chi connectivity index (χ2v) is 7.72. The van der Waals surface area contributed by atoms with Crippen LogP contribution in [0.3, 0.4) is 0 Å². The molecule has 0 aliphatic heterocycles. The van der Waals surface area contributed by atoms with Crippen LogP contribution in [0.1, 0.15) is 46.5 Å². The number of ether oxygens (including phenoxy) is 3. The SMILES string of the molecule is COCCOCCOCCC1CC(C(C)(C)C)CCC1Cl. The van der Waals surface area contributed by atoms with Crippen LogP contribution in [0, 0.1) is 17.3 Å². The number of rotatable bonds is 9. The molecular weight excluding hydrogens is 288 g/mol. The Balaban J connectivity index is 2.12. The van der Waals surface area contributed by atoms with Crippen LogP contribution in [0.5, 0.6) is 0 Å². The predicted octanol–water partition coefficient (Wildman–Crippen LogP) is 4.13. The van der Waals surface area contributed by atoms with Crippen molar-refractivity contribution in [2.75, 3.05) is 40.1 Å². The van der Waals surface area contributed by atoms with Crippen molar-refractivity contribution in [2.45, 2.75) is 51.8 Å². The molecule has 1 rings (SSSR count). The normalized spacial score (nSPS) is 27.0. The number of hydrogen-bond acceptors (Lipinski definition) is 3. The molecule has 1 fully saturated rings.